The molecule has 0 heterocycles. The van der Waals surface area contributed by atoms with Crippen molar-refractivity contribution in [1.82, 2.24) is 0 Å². The van der Waals surface area contributed by atoms with Gasteiger partial charge in [0.05, 0.1) is 34.4 Å². The highest BCUT2D eigenvalue weighted by Gasteiger charge is 2.31. The van der Waals surface area contributed by atoms with Crippen molar-refractivity contribution in [2.75, 3.05) is 41.0 Å². The first-order valence-electron chi connectivity index (χ1n) is 20.7. The number of carbonyl (C=O) groups excluding carboxylic acids is 2. The van der Waals surface area contributed by atoms with E-state index in [1.807, 2.05) is 33.3 Å². The quantitative estimate of drug-likeness (QED) is 0.0296. The van der Waals surface area contributed by atoms with Crippen molar-refractivity contribution in [2.24, 2.45) is 0 Å². The molecule has 0 aromatic heterocycles. The first-order valence-corrected chi connectivity index (χ1v) is 20.7. The summed E-state index contributed by atoms with van der Waals surface area (Å²) in [6.45, 7) is 4.54. The van der Waals surface area contributed by atoms with Crippen LogP contribution in [0.1, 0.15) is 162 Å². The van der Waals surface area contributed by atoms with Crippen molar-refractivity contribution in [3.63, 3.8) is 0 Å². The topological polar surface area (TPSA) is 99.1 Å². The molecule has 0 aromatic rings. The van der Waals surface area contributed by atoms with Crippen LogP contribution in [0.5, 0.6) is 0 Å². The summed E-state index contributed by atoms with van der Waals surface area (Å²) in [6.07, 6.45) is 40.3. The molecule has 300 valence electrons. The minimum atomic E-state index is -0.886. The molecule has 8 nitrogen and oxygen atoms in total. The first-order chi connectivity index (χ1) is 25.1. The van der Waals surface area contributed by atoms with Crippen molar-refractivity contribution < 1.29 is 38.2 Å². The normalized spacial score (nSPS) is 13.5. The Morgan fingerprint density at radius 3 is 1.56 bits per heavy atom. The van der Waals surface area contributed by atoms with Gasteiger partial charge in [-0.15, -0.1) is 0 Å². The Morgan fingerprint density at radius 1 is 0.596 bits per heavy atom. The van der Waals surface area contributed by atoms with Gasteiger partial charge in [-0.3, -0.25) is 9.59 Å². The Kier molecular flexibility index (Phi) is 33.5. The van der Waals surface area contributed by atoms with Crippen molar-refractivity contribution in [3.8, 4) is 0 Å². The average Bonchev–Trinajstić information content (AvgIpc) is 3.09. The number of carboxylic acid groups (broad SMARTS) is 1. The number of quaternary nitrogens is 1. The van der Waals surface area contributed by atoms with Gasteiger partial charge in [0.1, 0.15) is 6.61 Å². The summed E-state index contributed by atoms with van der Waals surface area (Å²) in [5.41, 5.74) is 0. The summed E-state index contributed by atoms with van der Waals surface area (Å²) in [6, 6.07) is -0.625. The van der Waals surface area contributed by atoms with Crippen molar-refractivity contribution in [3.05, 3.63) is 48.6 Å². The van der Waals surface area contributed by atoms with Gasteiger partial charge in [0.2, 0.25) is 0 Å². The SMILES string of the molecule is CC/C=C\C/C=C\C/C=C\C/C=C\CCC(=O)OC(COCCC(C(=O)O)[N+](C)(C)C)COC(=O)CCCCCCCCCCCCCCCCC. The molecule has 0 rings (SSSR count). The molecule has 0 amide bonds. The van der Waals surface area contributed by atoms with E-state index in [4.69, 9.17) is 14.2 Å². The van der Waals surface area contributed by atoms with Crippen LogP contribution in [0.4, 0.5) is 0 Å². The number of rotatable bonds is 36. The molecular weight excluding hydrogens is 654 g/mol. The van der Waals surface area contributed by atoms with Crippen LogP contribution in [-0.2, 0) is 28.6 Å². The molecular formula is C44H78NO7+. The number of allylic oxidation sites excluding steroid dienone is 8. The van der Waals surface area contributed by atoms with E-state index in [0.717, 1.165) is 44.9 Å². The van der Waals surface area contributed by atoms with Gasteiger partial charge in [-0.2, -0.15) is 0 Å². The lowest BCUT2D eigenvalue weighted by Gasteiger charge is -2.31. The molecule has 2 unspecified atom stereocenters. The fourth-order valence-corrected chi connectivity index (χ4v) is 5.81. The Labute approximate surface area is 318 Å². The monoisotopic (exact) mass is 733 g/mol. The van der Waals surface area contributed by atoms with E-state index in [1.54, 1.807) is 0 Å². The number of likely N-dealkylation sites (N-methyl/N-ethyl adjacent to an activating group) is 1. The molecule has 0 aromatic carbocycles. The first kappa shape index (κ1) is 49.3. The van der Waals surface area contributed by atoms with Gasteiger partial charge in [-0.1, -0.05) is 152 Å². The number of nitrogens with zero attached hydrogens (tertiary/aromatic N) is 1. The lowest BCUT2D eigenvalue weighted by atomic mass is 10.0. The molecule has 52 heavy (non-hydrogen) atoms. The van der Waals surface area contributed by atoms with Gasteiger partial charge < -0.3 is 23.8 Å². The van der Waals surface area contributed by atoms with Crippen molar-refractivity contribution >= 4 is 17.9 Å². The largest absolute Gasteiger partial charge is 0.477 e. The Bertz CT molecular complexity index is 995. The van der Waals surface area contributed by atoms with E-state index >= 15 is 0 Å². The molecule has 2 atom stereocenters. The zero-order valence-electron chi connectivity index (χ0n) is 34.0. The summed E-state index contributed by atoms with van der Waals surface area (Å²) in [7, 11) is 5.49. The highest BCUT2D eigenvalue weighted by Crippen LogP contribution is 2.14. The van der Waals surface area contributed by atoms with Crippen LogP contribution in [0.25, 0.3) is 0 Å². The highest BCUT2D eigenvalue weighted by atomic mass is 16.6. The van der Waals surface area contributed by atoms with Gasteiger partial charge >= 0.3 is 17.9 Å². The summed E-state index contributed by atoms with van der Waals surface area (Å²) in [4.78, 5) is 36.8. The second-order valence-corrected chi connectivity index (χ2v) is 14.9. The molecule has 0 aliphatic rings. The van der Waals surface area contributed by atoms with Crippen LogP contribution in [-0.4, -0.2) is 80.6 Å². The van der Waals surface area contributed by atoms with Crippen LogP contribution in [0.3, 0.4) is 0 Å². The third-order valence-corrected chi connectivity index (χ3v) is 9.01. The predicted molar refractivity (Wildman–Crippen MR) is 215 cm³/mol. The fraction of sp³-hybridized carbons (Fsp3) is 0.750. The summed E-state index contributed by atoms with van der Waals surface area (Å²) < 4.78 is 17.1. The van der Waals surface area contributed by atoms with Gasteiger partial charge in [-0.25, -0.2) is 4.79 Å². The molecule has 8 heteroatoms. The number of ether oxygens (including phenoxy) is 3. The standard InChI is InChI=1S/C44H77NO7/c1-6-8-10-12-14-16-18-20-21-23-24-26-28-30-32-34-42(46)51-39-40(38-50-37-36-41(44(48)49)45(3,4)5)52-43(47)35-33-31-29-27-25-22-19-17-15-13-11-9-7-2/h9,11,15,17,22,25,29,31,40-41H,6-8,10,12-14,16,18-21,23-24,26-28,30,32-39H2,1-5H3/p+1/b11-9-,17-15-,25-22-,31-29-. The summed E-state index contributed by atoms with van der Waals surface area (Å²) in [5.74, 6) is -1.57. The number of aliphatic carboxylic acids is 1. The number of esters is 2. The molecule has 0 aliphatic carbocycles. The van der Waals surface area contributed by atoms with E-state index in [1.165, 1.54) is 77.0 Å². The summed E-state index contributed by atoms with van der Waals surface area (Å²) in [5, 5.41) is 9.59. The van der Waals surface area contributed by atoms with E-state index in [0.29, 0.717) is 19.3 Å². The van der Waals surface area contributed by atoms with E-state index in [2.05, 4.69) is 50.3 Å². The maximum absolute atomic E-state index is 12.6. The molecule has 0 fully saturated rings. The molecule has 0 saturated carbocycles. The summed E-state index contributed by atoms with van der Waals surface area (Å²) >= 11 is 0. The lowest BCUT2D eigenvalue weighted by molar-refractivity contribution is -0.887. The number of carboxylic acids is 1. The smallest absolute Gasteiger partial charge is 0.362 e. The van der Waals surface area contributed by atoms with Gasteiger partial charge in [-0.05, 0) is 38.5 Å². The molecule has 0 saturated heterocycles. The number of unbranched alkanes of at least 4 members (excludes halogenated alkanes) is 14. The predicted octanol–water partition coefficient (Wildman–Crippen LogP) is 10.9. The van der Waals surface area contributed by atoms with E-state index < -0.39 is 18.1 Å². The maximum Gasteiger partial charge on any atom is 0.362 e. The fourth-order valence-electron chi connectivity index (χ4n) is 5.81. The Balaban J connectivity index is 4.45. The molecule has 0 radical (unpaired) electrons. The second kappa shape index (κ2) is 35.3. The van der Waals surface area contributed by atoms with Crippen LogP contribution >= 0.6 is 0 Å². The van der Waals surface area contributed by atoms with Crippen LogP contribution < -0.4 is 0 Å². The Hall–Kier alpha value is -2.71. The number of carbonyl (C=O) groups is 3. The van der Waals surface area contributed by atoms with Crippen molar-refractivity contribution in [1.29, 1.82) is 0 Å². The minimum Gasteiger partial charge on any atom is -0.477 e. The van der Waals surface area contributed by atoms with Gasteiger partial charge in [0.25, 0.3) is 0 Å². The highest BCUT2D eigenvalue weighted by molar-refractivity contribution is 5.72. The Morgan fingerprint density at radius 2 is 1.08 bits per heavy atom. The molecule has 0 spiro atoms. The lowest BCUT2D eigenvalue weighted by Crippen LogP contribution is -2.50. The average molecular weight is 733 g/mol. The third-order valence-electron chi connectivity index (χ3n) is 9.01. The minimum absolute atomic E-state index is 0.0332. The zero-order chi connectivity index (χ0) is 38.5. The molecule has 1 N–H and O–H groups in total. The van der Waals surface area contributed by atoms with Crippen LogP contribution in [0.15, 0.2) is 48.6 Å². The van der Waals surface area contributed by atoms with Crippen LogP contribution in [0, 0.1) is 0 Å². The molecule has 0 aliphatic heterocycles. The number of hydrogen-bond acceptors (Lipinski definition) is 6. The van der Waals surface area contributed by atoms with E-state index in [9.17, 15) is 19.5 Å². The maximum atomic E-state index is 12.6. The third kappa shape index (κ3) is 33.1. The van der Waals surface area contributed by atoms with Gasteiger partial charge in [0, 0.05) is 19.3 Å². The van der Waals surface area contributed by atoms with Crippen molar-refractivity contribution in [2.45, 2.75) is 174 Å². The van der Waals surface area contributed by atoms with Crippen LogP contribution in [0.2, 0.25) is 0 Å². The second-order valence-electron chi connectivity index (χ2n) is 14.9. The van der Waals surface area contributed by atoms with Gasteiger partial charge in [0.15, 0.2) is 12.1 Å². The number of hydrogen-bond donors (Lipinski definition) is 1. The van der Waals surface area contributed by atoms with E-state index in [-0.39, 0.29) is 42.7 Å². The zero-order valence-corrected chi connectivity index (χ0v) is 34.0. The molecule has 0 bridgehead atoms.